The summed E-state index contributed by atoms with van der Waals surface area (Å²) in [4.78, 5) is 19.4. The Morgan fingerprint density at radius 1 is 1.36 bits per heavy atom. The summed E-state index contributed by atoms with van der Waals surface area (Å²) in [7, 11) is 0. The van der Waals surface area contributed by atoms with Gasteiger partial charge in [-0.2, -0.15) is 0 Å². The zero-order valence-corrected chi connectivity index (χ0v) is 21.5. The topological polar surface area (TPSA) is 74.6 Å². The Balaban J connectivity index is -0.000000107. The van der Waals surface area contributed by atoms with Crippen LogP contribution in [-0.4, -0.2) is 22.2 Å². The largest absolute Gasteiger partial charge is 0.503 e. The van der Waals surface area contributed by atoms with E-state index in [1.165, 1.54) is 0 Å². The first-order chi connectivity index (χ1) is 4.04. The van der Waals surface area contributed by atoms with E-state index in [2.05, 4.69) is 0 Å². The molecule has 0 saturated heterocycles. The summed E-state index contributed by atoms with van der Waals surface area (Å²) in [6.45, 7) is 0. The SMILES string of the molecule is [2H]C([CH-]C(=O)O)C(=O)O.[Rf].[Rf].[Y]. The van der Waals surface area contributed by atoms with Gasteiger partial charge in [-0.1, -0.05) is 6.40 Å². The average Bonchev–Trinajstić information content (AvgIpc) is 1.63. The second-order valence-electron chi connectivity index (χ2n) is 1.01. The van der Waals surface area contributed by atoms with Gasteiger partial charge in [-0.05, 0) is 0 Å². The summed E-state index contributed by atoms with van der Waals surface area (Å²) in [6, 6.07) is 0. The van der Waals surface area contributed by atoms with Crippen molar-refractivity contribution in [3.05, 3.63) is 6.42 Å². The van der Waals surface area contributed by atoms with E-state index in [9.17, 15) is 9.59 Å². The van der Waals surface area contributed by atoms with Crippen LogP contribution in [0.2, 0.25) is 0 Å². The third kappa shape index (κ3) is 32.6. The molecule has 11 heavy (non-hydrogen) atoms. The van der Waals surface area contributed by atoms with Crippen molar-refractivity contribution in [2.75, 3.05) is 0 Å². The second-order valence-corrected chi connectivity index (χ2v) is 1.01. The Morgan fingerprint density at radius 2 is 1.73 bits per heavy atom. The average molecular weight is 741 g/mol. The minimum absolute atomic E-state index is 0. The Labute approximate surface area is 78.5 Å². The molecule has 0 aromatic rings. The van der Waals surface area contributed by atoms with Crippen LogP contribution in [0.25, 0.3) is 0 Å². The summed E-state index contributed by atoms with van der Waals surface area (Å²) in [5, 5.41) is 15.8. The van der Waals surface area contributed by atoms with Gasteiger partial charge in [-0.15, -0.1) is 0 Å². The summed E-state index contributed by atoms with van der Waals surface area (Å²) >= 11 is 0. The second kappa shape index (κ2) is 10.8. The van der Waals surface area contributed by atoms with Crippen LogP contribution in [0.15, 0.2) is 0 Å². The Hall–Kier alpha value is -2.09. The van der Waals surface area contributed by atoms with E-state index < -0.39 is 18.3 Å². The fourth-order valence-corrected chi connectivity index (χ4v) is 0.143. The molecule has 0 rings (SSSR count). The molecular weight excluding hydrogens is 735 g/mol. The molecule has 53 valence electrons. The number of hydrogen-bond acceptors (Lipinski definition) is 2. The zero-order valence-electron chi connectivity index (χ0n) is 6.86. The molecule has 0 bridgehead atoms. The number of carboxylic acids is 2. The smallest absolute Gasteiger partial charge is 0.275 e. The maximum atomic E-state index is 9.75. The summed E-state index contributed by atoms with van der Waals surface area (Å²) in [6.07, 6.45) is -1.27. The third-order valence-electron chi connectivity index (χ3n) is 0.368. The van der Waals surface area contributed by atoms with Crippen molar-refractivity contribution in [1.82, 2.24) is 0 Å². The maximum absolute atomic E-state index is 9.75. The molecule has 0 aromatic carbocycles. The van der Waals surface area contributed by atoms with Crippen LogP contribution in [0.4, 0.5) is 0 Å². The molecule has 0 amide bonds. The monoisotopic (exact) mass is 741 g/mol. The predicted molar refractivity (Wildman–Crippen MR) is 24.2 cm³/mol. The van der Waals surface area contributed by atoms with Crippen LogP contribution in [0.1, 0.15) is 7.77 Å². The van der Waals surface area contributed by atoms with Gasteiger partial charge in [0.25, 0.3) is 5.97 Å². The minimum Gasteiger partial charge on any atom is -0.503 e. The summed E-state index contributed by atoms with van der Waals surface area (Å²) in [5.74, 6) is -2.85. The molecule has 0 heterocycles. The van der Waals surface area contributed by atoms with Gasteiger partial charge in [-0.25, -0.2) is 0 Å². The number of carboxylic acid groups (broad SMARTS) is 2. The molecular formula is C4H5O4Rf2Y-. The van der Waals surface area contributed by atoms with Crippen molar-refractivity contribution in [3.8, 4) is 0 Å². The van der Waals surface area contributed by atoms with E-state index in [-0.39, 0.29) is 32.7 Å². The van der Waals surface area contributed by atoms with Crippen molar-refractivity contribution < 1.29 is 53.9 Å². The molecule has 1 atom stereocenters. The van der Waals surface area contributed by atoms with E-state index in [4.69, 9.17) is 11.6 Å². The zero-order chi connectivity index (χ0) is 7.44. The number of hydrogen-bond donors (Lipinski definition) is 2. The summed E-state index contributed by atoms with van der Waals surface area (Å²) in [5.41, 5.74) is 0. The fourth-order valence-electron chi connectivity index (χ4n) is 0.143. The van der Waals surface area contributed by atoms with E-state index in [1.807, 2.05) is 0 Å². The van der Waals surface area contributed by atoms with Gasteiger partial charge in [0, 0.05) is 34.1 Å². The van der Waals surface area contributed by atoms with Crippen LogP contribution in [-0.2, 0) is 42.3 Å². The third-order valence-corrected chi connectivity index (χ3v) is 0.368. The molecule has 0 aromatic heterocycles. The van der Waals surface area contributed by atoms with Gasteiger partial charge in [0.2, 0.25) is 0 Å². The minimum atomic E-state index is -1.66. The Kier molecular flexibility index (Phi) is 15.7. The van der Waals surface area contributed by atoms with E-state index in [0.29, 0.717) is 6.42 Å². The molecule has 0 aliphatic rings. The normalized spacial score (nSPS) is 10.0. The van der Waals surface area contributed by atoms with Gasteiger partial charge in [0.1, 0.15) is 0 Å². The van der Waals surface area contributed by atoms with Gasteiger partial charge in [0.05, 0.1) is 0 Å². The van der Waals surface area contributed by atoms with E-state index >= 15 is 0 Å². The van der Waals surface area contributed by atoms with Crippen molar-refractivity contribution in [2.24, 2.45) is 0 Å². The molecule has 0 aliphatic heterocycles. The molecule has 0 spiro atoms. The Morgan fingerprint density at radius 3 is 1.82 bits per heavy atom. The molecule has 0 aliphatic carbocycles. The van der Waals surface area contributed by atoms with Crippen molar-refractivity contribution in [1.29, 1.82) is 0 Å². The molecule has 4 nitrogen and oxygen atoms in total. The first kappa shape index (κ1) is 16.0. The maximum Gasteiger partial charge on any atom is 0.275 e. The van der Waals surface area contributed by atoms with Crippen LogP contribution in [0.5, 0.6) is 0 Å². The molecule has 0 saturated carbocycles. The van der Waals surface area contributed by atoms with E-state index in [1.54, 1.807) is 0 Å². The first-order valence-electron chi connectivity index (χ1n) is 2.34. The van der Waals surface area contributed by atoms with Crippen molar-refractivity contribution in [3.63, 3.8) is 0 Å². The van der Waals surface area contributed by atoms with Gasteiger partial charge < -0.3 is 10.2 Å². The quantitative estimate of drug-likeness (QED) is 0.392. The molecule has 1 radical (unpaired) electrons. The molecule has 2 N–H and O–H groups in total. The molecule has 0 fully saturated rings. The predicted octanol–water partition coefficient (Wildman–Crippen LogP) is -0.253. The number of rotatable bonds is 3. The van der Waals surface area contributed by atoms with Crippen molar-refractivity contribution >= 4 is 11.9 Å². The van der Waals surface area contributed by atoms with Crippen molar-refractivity contribution in [2.45, 2.75) is 6.40 Å². The standard InChI is InChI=1S/C4H5O4.2Rf.Y/c5-3(6)1-2-4(7)8;;;/h1H,2H2,(H,5,6)(H,7,8);;;/q-1;;;/i2D;;;. The number of carbonyl (C=O) groups is 2. The van der Waals surface area contributed by atoms with Crippen LogP contribution >= 0.6 is 0 Å². The van der Waals surface area contributed by atoms with Gasteiger partial charge in [0.15, 0.2) is 5.97 Å². The summed E-state index contributed by atoms with van der Waals surface area (Å²) < 4.78 is 6.52. The Bertz CT molecular complexity index is 145. The van der Waals surface area contributed by atoms with E-state index in [0.717, 1.165) is 0 Å². The molecule has 7 heteroatoms. The number of aliphatic carboxylic acids is 2. The fraction of sp³-hybridized carbons (Fsp3) is 0.250. The van der Waals surface area contributed by atoms with Gasteiger partial charge >= 0.3 is 0 Å². The first-order valence-corrected chi connectivity index (χ1v) is 1.77. The van der Waals surface area contributed by atoms with Gasteiger partial charge in [-0.3, -0.25) is 16.0 Å². The van der Waals surface area contributed by atoms with Crippen LogP contribution < -0.4 is 0 Å². The van der Waals surface area contributed by atoms with Crippen LogP contribution in [0, 0.1) is 6.42 Å². The van der Waals surface area contributed by atoms with Crippen LogP contribution in [0.3, 0.4) is 0 Å². The molecule has 1 unspecified atom stereocenters.